The number of hydrogen-bond donors (Lipinski definition) is 1. The summed E-state index contributed by atoms with van der Waals surface area (Å²) in [5.74, 6) is -0.294. The van der Waals surface area contributed by atoms with Crippen LogP contribution in [0.1, 0.15) is 43.1 Å². The minimum Gasteiger partial charge on any atom is -0.478 e. The summed E-state index contributed by atoms with van der Waals surface area (Å²) in [7, 11) is 0. The van der Waals surface area contributed by atoms with Crippen molar-refractivity contribution >= 4 is 5.97 Å². The van der Waals surface area contributed by atoms with Crippen molar-refractivity contribution in [3.05, 3.63) is 35.4 Å². The first-order chi connectivity index (χ1) is 7.99. The molecule has 1 aromatic carbocycles. The zero-order chi connectivity index (χ0) is 12.8. The molecular weight excluding hydrogens is 216 g/mol. The Kier molecular flexibility index (Phi) is 5.16. The van der Waals surface area contributed by atoms with E-state index in [1.807, 2.05) is 13.0 Å². The van der Waals surface area contributed by atoms with E-state index in [0.29, 0.717) is 18.1 Å². The van der Waals surface area contributed by atoms with Crippen molar-refractivity contribution in [3.63, 3.8) is 0 Å². The number of ether oxygens (including phenoxy) is 1. The van der Waals surface area contributed by atoms with Crippen LogP contribution >= 0.6 is 0 Å². The Bertz CT molecular complexity index is 371. The summed E-state index contributed by atoms with van der Waals surface area (Å²) in [4.78, 5) is 10.8. The molecule has 0 amide bonds. The molecule has 1 N–H and O–H groups in total. The second kappa shape index (κ2) is 6.40. The van der Waals surface area contributed by atoms with Crippen LogP contribution in [0.25, 0.3) is 0 Å². The standard InChI is InChI=1S/C14H20O3/c1-10(2)7-11(3)17-9-12-5-4-6-13(8-12)14(15)16/h4-6,8,10-11H,7,9H2,1-3H3,(H,15,16). The highest BCUT2D eigenvalue weighted by Crippen LogP contribution is 2.12. The average Bonchev–Trinajstić information content (AvgIpc) is 2.26. The van der Waals surface area contributed by atoms with Crippen molar-refractivity contribution in [2.24, 2.45) is 5.92 Å². The molecule has 0 radical (unpaired) electrons. The van der Waals surface area contributed by atoms with E-state index in [1.54, 1.807) is 18.2 Å². The summed E-state index contributed by atoms with van der Waals surface area (Å²) >= 11 is 0. The molecule has 0 aromatic heterocycles. The van der Waals surface area contributed by atoms with Crippen molar-refractivity contribution in [3.8, 4) is 0 Å². The van der Waals surface area contributed by atoms with Crippen LogP contribution in [0.2, 0.25) is 0 Å². The molecule has 0 heterocycles. The van der Waals surface area contributed by atoms with Gasteiger partial charge in [0.25, 0.3) is 0 Å². The minimum absolute atomic E-state index is 0.198. The fourth-order valence-electron chi connectivity index (χ4n) is 1.76. The second-order valence-electron chi connectivity index (χ2n) is 4.76. The van der Waals surface area contributed by atoms with Crippen molar-refractivity contribution in [2.75, 3.05) is 0 Å². The smallest absolute Gasteiger partial charge is 0.335 e. The molecule has 3 nitrogen and oxygen atoms in total. The van der Waals surface area contributed by atoms with Crippen molar-refractivity contribution in [2.45, 2.75) is 39.9 Å². The van der Waals surface area contributed by atoms with Crippen LogP contribution in [-0.2, 0) is 11.3 Å². The molecule has 0 bridgehead atoms. The van der Waals surface area contributed by atoms with E-state index in [9.17, 15) is 4.79 Å². The lowest BCUT2D eigenvalue weighted by molar-refractivity contribution is 0.0396. The van der Waals surface area contributed by atoms with Crippen LogP contribution in [0.3, 0.4) is 0 Å². The summed E-state index contributed by atoms with van der Waals surface area (Å²) in [6.45, 7) is 6.83. The number of carboxylic acids is 1. The van der Waals surface area contributed by atoms with Gasteiger partial charge < -0.3 is 9.84 Å². The maximum atomic E-state index is 10.8. The van der Waals surface area contributed by atoms with Gasteiger partial charge in [0.1, 0.15) is 0 Å². The first kappa shape index (κ1) is 13.7. The first-order valence-corrected chi connectivity index (χ1v) is 5.93. The van der Waals surface area contributed by atoms with Gasteiger partial charge in [0.2, 0.25) is 0 Å². The largest absolute Gasteiger partial charge is 0.478 e. The third-order valence-corrected chi connectivity index (χ3v) is 2.51. The monoisotopic (exact) mass is 236 g/mol. The van der Waals surface area contributed by atoms with Gasteiger partial charge in [0.05, 0.1) is 18.3 Å². The fourth-order valence-corrected chi connectivity index (χ4v) is 1.76. The summed E-state index contributed by atoms with van der Waals surface area (Å²) < 4.78 is 5.68. The fraction of sp³-hybridized carbons (Fsp3) is 0.500. The lowest BCUT2D eigenvalue weighted by atomic mass is 10.1. The topological polar surface area (TPSA) is 46.5 Å². The molecule has 0 spiro atoms. The van der Waals surface area contributed by atoms with E-state index >= 15 is 0 Å². The molecule has 17 heavy (non-hydrogen) atoms. The normalized spacial score (nSPS) is 12.7. The Labute approximate surface area is 102 Å². The molecule has 0 aliphatic rings. The van der Waals surface area contributed by atoms with Gasteiger partial charge in [0, 0.05) is 0 Å². The van der Waals surface area contributed by atoms with E-state index in [2.05, 4.69) is 13.8 Å². The van der Waals surface area contributed by atoms with Gasteiger partial charge in [-0.1, -0.05) is 26.0 Å². The lowest BCUT2D eigenvalue weighted by Crippen LogP contribution is -2.11. The van der Waals surface area contributed by atoms with E-state index in [4.69, 9.17) is 9.84 Å². The Morgan fingerprint density at radius 3 is 2.65 bits per heavy atom. The van der Waals surface area contributed by atoms with Crippen molar-refractivity contribution in [1.29, 1.82) is 0 Å². The van der Waals surface area contributed by atoms with E-state index in [0.717, 1.165) is 12.0 Å². The molecule has 0 fully saturated rings. The van der Waals surface area contributed by atoms with Crippen LogP contribution in [0.15, 0.2) is 24.3 Å². The summed E-state index contributed by atoms with van der Waals surface area (Å²) in [5, 5.41) is 8.86. The van der Waals surface area contributed by atoms with Crippen LogP contribution < -0.4 is 0 Å². The summed E-state index contributed by atoms with van der Waals surface area (Å²) in [6, 6.07) is 6.87. The Hall–Kier alpha value is -1.35. The Balaban J connectivity index is 2.51. The molecule has 0 saturated carbocycles. The number of aromatic carboxylic acids is 1. The van der Waals surface area contributed by atoms with Crippen LogP contribution in [0.4, 0.5) is 0 Å². The number of rotatable bonds is 6. The van der Waals surface area contributed by atoms with Gasteiger partial charge in [-0.2, -0.15) is 0 Å². The molecule has 1 aromatic rings. The summed E-state index contributed by atoms with van der Waals surface area (Å²) in [6.07, 6.45) is 1.21. The van der Waals surface area contributed by atoms with Gasteiger partial charge in [-0.15, -0.1) is 0 Å². The zero-order valence-electron chi connectivity index (χ0n) is 10.6. The molecule has 3 heteroatoms. The van der Waals surface area contributed by atoms with Gasteiger partial charge in [-0.05, 0) is 37.0 Å². The van der Waals surface area contributed by atoms with E-state index < -0.39 is 5.97 Å². The highest BCUT2D eigenvalue weighted by molar-refractivity contribution is 5.87. The van der Waals surface area contributed by atoms with Crippen LogP contribution in [-0.4, -0.2) is 17.2 Å². The van der Waals surface area contributed by atoms with Gasteiger partial charge in [-0.25, -0.2) is 4.79 Å². The van der Waals surface area contributed by atoms with Gasteiger partial charge >= 0.3 is 5.97 Å². The SMILES string of the molecule is CC(C)CC(C)OCc1cccc(C(=O)O)c1. The maximum absolute atomic E-state index is 10.8. The zero-order valence-corrected chi connectivity index (χ0v) is 10.6. The molecular formula is C14H20O3. The van der Waals surface area contributed by atoms with Gasteiger partial charge in [0.15, 0.2) is 0 Å². The molecule has 1 unspecified atom stereocenters. The quantitative estimate of drug-likeness (QED) is 0.824. The average molecular weight is 236 g/mol. The highest BCUT2D eigenvalue weighted by Gasteiger charge is 2.07. The van der Waals surface area contributed by atoms with Gasteiger partial charge in [-0.3, -0.25) is 0 Å². The first-order valence-electron chi connectivity index (χ1n) is 5.93. The maximum Gasteiger partial charge on any atom is 0.335 e. The third kappa shape index (κ3) is 5.00. The minimum atomic E-state index is -0.901. The predicted molar refractivity (Wildman–Crippen MR) is 67.1 cm³/mol. The Morgan fingerprint density at radius 2 is 2.06 bits per heavy atom. The number of carbonyl (C=O) groups is 1. The van der Waals surface area contributed by atoms with Crippen LogP contribution in [0.5, 0.6) is 0 Å². The number of carboxylic acid groups (broad SMARTS) is 1. The van der Waals surface area contributed by atoms with Crippen molar-refractivity contribution in [1.82, 2.24) is 0 Å². The Morgan fingerprint density at radius 1 is 1.35 bits per heavy atom. The van der Waals surface area contributed by atoms with E-state index in [-0.39, 0.29) is 6.10 Å². The second-order valence-corrected chi connectivity index (χ2v) is 4.76. The predicted octanol–water partition coefficient (Wildman–Crippen LogP) is 3.34. The third-order valence-electron chi connectivity index (χ3n) is 2.51. The molecule has 1 atom stereocenters. The summed E-state index contributed by atoms with van der Waals surface area (Å²) in [5.41, 5.74) is 1.21. The molecule has 0 saturated heterocycles. The molecule has 94 valence electrons. The lowest BCUT2D eigenvalue weighted by Gasteiger charge is -2.15. The molecule has 0 aliphatic carbocycles. The van der Waals surface area contributed by atoms with E-state index in [1.165, 1.54) is 0 Å². The highest BCUT2D eigenvalue weighted by atomic mass is 16.5. The van der Waals surface area contributed by atoms with Crippen LogP contribution in [0, 0.1) is 5.92 Å². The van der Waals surface area contributed by atoms with Crippen molar-refractivity contribution < 1.29 is 14.6 Å². The molecule has 1 rings (SSSR count). The number of benzene rings is 1. The number of hydrogen-bond acceptors (Lipinski definition) is 2. The molecule has 0 aliphatic heterocycles.